The lowest BCUT2D eigenvalue weighted by Gasteiger charge is -2.12. The molecule has 2 N–H and O–H groups in total. The summed E-state index contributed by atoms with van der Waals surface area (Å²) in [7, 11) is 5.19. The maximum atomic E-state index is 12.5. The topological polar surface area (TPSA) is 81.1 Å². The molecule has 3 aromatic rings. The predicted octanol–water partition coefficient (Wildman–Crippen LogP) is 2.10. The van der Waals surface area contributed by atoms with Crippen LogP contribution in [0, 0.1) is 0 Å². The number of nitrogens with zero attached hydrogens (tertiary/aromatic N) is 3. The number of rotatable bonds is 6. The van der Waals surface area contributed by atoms with E-state index in [4.69, 9.17) is 4.74 Å². The van der Waals surface area contributed by atoms with Crippen LogP contribution in [0.5, 0.6) is 0 Å². The smallest absolute Gasteiger partial charge is 0.264 e. The van der Waals surface area contributed by atoms with Crippen LogP contribution in [0.15, 0.2) is 41.5 Å². The first-order valence-electron chi connectivity index (χ1n) is 8.01. The number of anilines is 2. The molecule has 2 aromatic heterocycles. The highest BCUT2D eigenvalue weighted by Crippen LogP contribution is 2.25. The Kier molecular flexibility index (Phi) is 4.95. The molecule has 0 atom stereocenters. The fourth-order valence-corrected chi connectivity index (χ4v) is 2.58. The molecule has 3 rings (SSSR count). The third-order valence-electron chi connectivity index (χ3n) is 3.97. The number of benzene rings is 1. The molecule has 7 heteroatoms. The number of methoxy groups -OCH3 is 1. The second-order valence-corrected chi connectivity index (χ2v) is 5.66. The van der Waals surface area contributed by atoms with E-state index in [-0.39, 0.29) is 5.56 Å². The Morgan fingerprint density at radius 1 is 1.24 bits per heavy atom. The van der Waals surface area contributed by atoms with Crippen LogP contribution < -0.4 is 16.2 Å². The normalized spacial score (nSPS) is 10.8. The van der Waals surface area contributed by atoms with E-state index in [1.165, 1.54) is 10.9 Å². The molecule has 0 spiro atoms. The van der Waals surface area contributed by atoms with E-state index < -0.39 is 0 Å². The van der Waals surface area contributed by atoms with Crippen LogP contribution >= 0.6 is 0 Å². The van der Waals surface area contributed by atoms with Crippen LogP contribution in [0.3, 0.4) is 0 Å². The number of ether oxygens (including phenoxy) is 1. The Morgan fingerprint density at radius 2 is 2.00 bits per heavy atom. The molecule has 0 aliphatic rings. The van der Waals surface area contributed by atoms with Gasteiger partial charge in [0.15, 0.2) is 0 Å². The molecule has 0 saturated heterocycles. The Labute approximate surface area is 145 Å². The van der Waals surface area contributed by atoms with E-state index in [2.05, 4.69) is 20.6 Å². The SMILES string of the molecule is CNc1ccc(-c2cc3ncn(C)c(=O)c3c(NCCOC)n2)cc1. The molecule has 0 bridgehead atoms. The van der Waals surface area contributed by atoms with E-state index >= 15 is 0 Å². The summed E-state index contributed by atoms with van der Waals surface area (Å²) in [6.45, 7) is 1.07. The van der Waals surface area contributed by atoms with Crippen LogP contribution in [0.2, 0.25) is 0 Å². The molecule has 25 heavy (non-hydrogen) atoms. The van der Waals surface area contributed by atoms with Gasteiger partial charge >= 0.3 is 0 Å². The van der Waals surface area contributed by atoms with E-state index in [9.17, 15) is 4.79 Å². The zero-order valence-electron chi connectivity index (χ0n) is 14.5. The van der Waals surface area contributed by atoms with Crippen LogP contribution in [0.1, 0.15) is 0 Å². The second kappa shape index (κ2) is 7.31. The maximum Gasteiger partial charge on any atom is 0.264 e. The highest BCUT2D eigenvalue weighted by Gasteiger charge is 2.13. The lowest BCUT2D eigenvalue weighted by atomic mass is 10.1. The summed E-state index contributed by atoms with van der Waals surface area (Å²) >= 11 is 0. The minimum Gasteiger partial charge on any atom is -0.388 e. The van der Waals surface area contributed by atoms with E-state index in [0.29, 0.717) is 29.9 Å². The van der Waals surface area contributed by atoms with E-state index in [0.717, 1.165) is 16.9 Å². The van der Waals surface area contributed by atoms with Gasteiger partial charge < -0.3 is 19.9 Å². The maximum absolute atomic E-state index is 12.5. The van der Waals surface area contributed by atoms with Gasteiger partial charge in [0.05, 0.1) is 24.1 Å². The molecule has 0 saturated carbocycles. The zero-order valence-corrected chi connectivity index (χ0v) is 14.5. The molecule has 1 aromatic carbocycles. The van der Waals surface area contributed by atoms with E-state index in [1.807, 2.05) is 37.4 Å². The summed E-state index contributed by atoms with van der Waals surface area (Å²) in [4.78, 5) is 21.6. The predicted molar refractivity (Wildman–Crippen MR) is 100 cm³/mol. The largest absolute Gasteiger partial charge is 0.388 e. The van der Waals surface area contributed by atoms with Gasteiger partial charge in [-0.05, 0) is 18.2 Å². The lowest BCUT2D eigenvalue weighted by Crippen LogP contribution is -2.20. The zero-order chi connectivity index (χ0) is 17.8. The van der Waals surface area contributed by atoms with Gasteiger partial charge in [-0.3, -0.25) is 4.79 Å². The van der Waals surface area contributed by atoms with Gasteiger partial charge in [-0.2, -0.15) is 0 Å². The number of hydrogen-bond acceptors (Lipinski definition) is 6. The Hall–Kier alpha value is -2.93. The Balaban J connectivity index is 2.13. The Morgan fingerprint density at radius 3 is 2.68 bits per heavy atom. The summed E-state index contributed by atoms with van der Waals surface area (Å²) in [5.41, 5.74) is 3.23. The third kappa shape index (κ3) is 3.46. The first kappa shape index (κ1) is 16.9. The molecule has 0 amide bonds. The Bertz CT molecular complexity index is 935. The molecule has 2 heterocycles. The first-order chi connectivity index (χ1) is 12.1. The number of aromatic nitrogens is 3. The molecule has 0 radical (unpaired) electrons. The van der Waals surface area contributed by atoms with Crippen LogP contribution in [0.25, 0.3) is 22.2 Å². The van der Waals surface area contributed by atoms with Crippen molar-refractivity contribution >= 4 is 22.4 Å². The van der Waals surface area contributed by atoms with Gasteiger partial charge in [0.1, 0.15) is 11.2 Å². The van der Waals surface area contributed by atoms with Gasteiger partial charge in [-0.1, -0.05) is 12.1 Å². The fourth-order valence-electron chi connectivity index (χ4n) is 2.58. The monoisotopic (exact) mass is 339 g/mol. The summed E-state index contributed by atoms with van der Waals surface area (Å²) < 4.78 is 6.53. The van der Waals surface area contributed by atoms with Gasteiger partial charge in [-0.15, -0.1) is 0 Å². The van der Waals surface area contributed by atoms with Crippen molar-refractivity contribution in [1.29, 1.82) is 0 Å². The highest BCUT2D eigenvalue weighted by atomic mass is 16.5. The van der Waals surface area contributed by atoms with Crippen LogP contribution in [0.4, 0.5) is 11.5 Å². The summed E-state index contributed by atoms with van der Waals surface area (Å²) in [5.74, 6) is 0.524. The van der Waals surface area contributed by atoms with Crippen molar-refractivity contribution in [1.82, 2.24) is 14.5 Å². The number of fused-ring (bicyclic) bond motifs is 1. The minimum atomic E-state index is -0.130. The van der Waals surface area contributed by atoms with Crippen molar-refractivity contribution in [3.8, 4) is 11.3 Å². The molecule has 7 nitrogen and oxygen atoms in total. The number of pyridine rings is 1. The average molecular weight is 339 g/mol. The minimum absolute atomic E-state index is 0.130. The van der Waals surface area contributed by atoms with Crippen molar-refractivity contribution in [2.24, 2.45) is 7.05 Å². The number of hydrogen-bond donors (Lipinski definition) is 2. The second-order valence-electron chi connectivity index (χ2n) is 5.66. The quantitative estimate of drug-likeness (QED) is 0.670. The molecule has 0 unspecified atom stereocenters. The van der Waals surface area contributed by atoms with Crippen molar-refractivity contribution < 1.29 is 4.74 Å². The summed E-state index contributed by atoms with van der Waals surface area (Å²) in [5, 5.41) is 6.76. The molecular formula is C18H21N5O2. The molecule has 0 aliphatic carbocycles. The van der Waals surface area contributed by atoms with Crippen molar-refractivity contribution in [3.63, 3.8) is 0 Å². The highest BCUT2D eigenvalue weighted by molar-refractivity contribution is 5.91. The summed E-state index contributed by atoms with van der Waals surface area (Å²) in [6.07, 6.45) is 1.53. The van der Waals surface area contributed by atoms with E-state index in [1.54, 1.807) is 14.2 Å². The number of nitrogens with one attached hydrogen (secondary N) is 2. The fraction of sp³-hybridized carbons (Fsp3) is 0.278. The van der Waals surface area contributed by atoms with Gasteiger partial charge in [0.25, 0.3) is 5.56 Å². The van der Waals surface area contributed by atoms with Crippen LogP contribution in [-0.2, 0) is 11.8 Å². The molecule has 0 aliphatic heterocycles. The lowest BCUT2D eigenvalue weighted by molar-refractivity contribution is 0.210. The van der Waals surface area contributed by atoms with Crippen LogP contribution in [-0.4, -0.2) is 41.8 Å². The molecular weight excluding hydrogens is 318 g/mol. The number of aryl methyl sites for hydroxylation is 1. The van der Waals surface area contributed by atoms with Gasteiger partial charge in [0.2, 0.25) is 0 Å². The van der Waals surface area contributed by atoms with Crippen molar-refractivity contribution in [2.75, 3.05) is 37.9 Å². The van der Waals surface area contributed by atoms with Gasteiger partial charge in [0, 0.05) is 39.0 Å². The molecule has 0 fully saturated rings. The van der Waals surface area contributed by atoms with Gasteiger partial charge in [-0.25, -0.2) is 9.97 Å². The standard InChI is InChI=1S/C18H21N5O2/c1-19-13-6-4-12(5-7-13)14-10-15-16(18(24)23(2)11-21-15)17(22-14)20-8-9-25-3/h4-7,10-11,19H,8-9H2,1-3H3,(H,20,22). The summed E-state index contributed by atoms with van der Waals surface area (Å²) in [6, 6.07) is 9.78. The third-order valence-corrected chi connectivity index (χ3v) is 3.97. The average Bonchev–Trinajstić information content (AvgIpc) is 2.64. The van der Waals surface area contributed by atoms with Crippen molar-refractivity contribution in [2.45, 2.75) is 0 Å². The molecule has 130 valence electrons. The first-order valence-corrected chi connectivity index (χ1v) is 8.01. The van der Waals surface area contributed by atoms with Crippen molar-refractivity contribution in [3.05, 3.63) is 47.0 Å².